The van der Waals surface area contributed by atoms with Gasteiger partial charge >= 0.3 is 6.03 Å². The van der Waals surface area contributed by atoms with Crippen LogP contribution in [0, 0.1) is 0 Å². The zero-order valence-electron chi connectivity index (χ0n) is 19.7. The van der Waals surface area contributed by atoms with E-state index in [0.717, 1.165) is 35.7 Å². The number of nitrogens with zero attached hydrogens (tertiary/aromatic N) is 6. The Hall–Kier alpha value is -4.34. The van der Waals surface area contributed by atoms with Crippen molar-refractivity contribution < 1.29 is 14.3 Å². The summed E-state index contributed by atoms with van der Waals surface area (Å²) in [4.78, 5) is 25.8. The number of nitrogens with one attached hydrogen (secondary N) is 1. The molecule has 1 fully saturated rings. The zero-order valence-corrected chi connectivity index (χ0v) is 19.7. The van der Waals surface area contributed by atoms with Crippen LogP contribution in [0.4, 0.5) is 16.3 Å². The second kappa shape index (κ2) is 9.88. The van der Waals surface area contributed by atoms with Gasteiger partial charge in [-0.15, -0.1) is 0 Å². The number of methoxy groups -OCH3 is 2. The number of anilines is 2. The molecule has 0 aliphatic carbocycles. The summed E-state index contributed by atoms with van der Waals surface area (Å²) in [5.41, 5.74) is 2.65. The molecule has 1 saturated heterocycles. The lowest BCUT2D eigenvalue weighted by atomic mass is 10.1. The third-order valence-corrected chi connectivity index (χ3v) is 6.09. The Kier molecular flexibility index (Phi) is 6.34. The van der Waals surface area contributed by atoms with Crippen molar-refractivity contribution in [3.8, 4) is 22.6 Å². The Balaban J connectivity index is 1.38. The first-order valence-corrected chi connectivity index (χ1v) is 11.4. The molecule has 0 saturated carbocycles. The summed E-state index contributed by atoms with van der Waals surface area (Å²) in [5, 5.41) is 7.42. The van der Waals surface area contributed by atoms with E-state index in [1.165, 1.54) is 6.33 Å². The van der Waals surface area contributed by atoms with Crippen molar-refractivity contribution in [3.05, 3.63) is 61.1 Å². The van der Waals surface area contributed by atoms with Gasteiger partial charge in [-0.05, 0) is 36.2 Å². The quantitative estimate of drug-likeness (QED) is 0.473. The molecule has 0 radical (unpaired) electrons. The molecule has 10 heteroatoms. The number of ether oxygens (including phenoxy) is 2. The highest BCUT2D eigenvalue weighted by Crippen LogP contribution is 2.32. The molecule has 35 heavy (non-hydrogen) atoms. The first kappa shape index (κ1) is 22.5. The number of carbonyl (C=O) groups is 1. The summed E-state index contributed by atoms with van der Waals surface area (Å²) >= 11 is 0. The van der Waals surface area contributed by atoms with Gasteiger partial charge in [0.05, 0.1) is 14.2 Å². The van der Waals surface area contributed by atoms with Crippen LogP contribution in [0.1, 0.15) is 6.42 Å². The fourth-order valence-corrected chi connectivity index (χ4v) is 4.28. The van der Waals surface area contributed by atoms with Crippen molar-refractivity contribution in [1.29, 1.82) is 0 Å². The van der Waals surface area contributed by atoms with Crippen molar-refractivity contribution in [1.82, 2.24) is 24.5 Å². The highest BCUT2D eigenvalue weighted by molar-refractivity contribution is 5.89. The van der Waals surface area contributed by atoms with Crippen LogP contribution >= 0.6 is 0 Å². The van der Waals surface area contributed by atoms with Crippen molar-refractivity contribution in [2.45, 2.75) is 6.42 Å². The Labute approximate surface area is 203 Å². The van der Waals surface area contributed by atoms with Gasteiger partial charge in [0.2, 0.25) is 0 Å². The second-order valence-electron chi connectivity index (χ2n) is 8.19. The maximum absolute atomic E-state index is 13.0. The summed E-state index contributed by atoms with van der Waals surface area (Å²) in [6.07, 6.45) is 4.15. The molecule has 5 rings (SSSR count). The van der Waals surface area contributed by atoms with Gasteiger partial charge in [0, 0.05) is 49.7 Å². The van der Waals surface area contributed by atoms with E-state index in [1.54, 1.807) is 18.7 Å². The van der Waals surface area contributed by atoms with Gasteiger partial charge < -0.3 is 24.6 Å². The zero-order chi connectivity index (χ0) is 24.2. The van der Waals surface area contributed by atoms with Crippen molar-refractivity contribution in [2.75, 3.05) is 50.6 Å². The van der Waals surface area contributed by atoms with Crippen molar-refractivity contribution in [3.63, 3.8) is 0 Å². The number of carbonyl (C=O) groups excluding carboxylic acids is 1. The van der Waals surface area contributed by atoms with Crippen LogP contribution in [0.25, 0.3) is 16.9 Å². The van der Waals surface area contributed by atoms with Crippen LogP contribution in [0.3, 0.4) is 0 Å². The molecule has 1 aliphatic rings. The number of aromatic nitrogens is 4. The third-order valence-electron chi connectivity index (χ3n) is 6.09. The number of fused-ring (bicyclic) bond motifs is 1. The molecule has 0 bridgehead atoms. The SMILES string of the molecule is COc1ccc(-c2cnc3ncnn3c2N2CCCN(C(=O)Nc3cccc(OC)c3)CC2)cc1. The molecule has 0 spiro atoms. The molecule has 1 aliphatic heterocycles. The Morgan fingerprint density at radius 2 is 1.77 bits per heavy atom. The van der Waals surface area contributed by atoms with Crippen molar-refractivity contribution >= 4 is 23.3 Å². The van der Waals surface area contributed by atoms with E-state index in [9.17, 15) is 4.79 Å². The van der Waals surface area contributed by atoms with E-state index >= 15 is 0 Å². The molecule has 2 amide bonds. The summed E-state index contributed by atoms with van der Waals surface area (Å²) in [6.45, 7) is 2.63. The lowest BCUT2D eigenvalue weighted by Gasteiger charge is -2.26. The minimum Gasteiger partial charge on any atom is -0.497 e. The van der Waals surface area contributed by atoms with Gasteiger partial charge in [-0.3, -0.25) is 0 Å². The average Bonchev–Trinajstić information content (AvgIpc) is 3.24. The fraction of sp³-hybridized carbons (Fsp3) is 0.280. The van der Waals surface area contributed by atoms with Crippen LogP contribution in [0.15, 0.2) is 61.1 Å². The number of rotatable bonds is 5. The summed E-state index contributed by atoms with van der Waals surface area (Å²) in [5.74, 6) is 2.94. The molecule has 0 unspecified atom stereocenters. The van der Waals surface area contributed by atoms with E-state index in [1.807, 2.05) is 59.6 Å². The van der Waals surface area contributed by atoms with E-state index in [-0.39, 0.29) is 6.03 Å². The standard InChI is InChI=1S/C25H27N7O3/c1-34-20-9-7-18(8-10-20)22-16-26-24-27-17-28-32(24)23(22)30-11-4-12-31(14-13-30)25(33)29-19-5-3-6-21(15-19)35-2/h3,5-10,15-17H,4,11-14H2,1-2H3,(H,29,33). The smallest absolute Gasteiger partial charge is 0.321 e. The van der Waals surface area contributed by atoms with Crippen LogP contribution < -0.4 is 19.7 Å². The number of urea groups is 1. The van der Waals surface area contributed by atoms with E-state index in [4.69, 9.17) is 9.47 Å². The van der Waals surface area contributed by atoms with Gasteiger partial charge in [0.25, 0.3) is 5.78 Å². The predicted molar refractivity (Wildman–Crippen MR) is 133 cm³/mol. The third kappa shape index (κ3) is 4.68. The number of hydrogen-bond donors (Lipinski definition) is 1. The van der Waals surface area contributed by atoms with Gasteiger partial charge in [-0.25, -0.2) is 9.78 Å². The monoisotopic (exact) mass is 473 g/mol. The fourth-order valence-electron chi connectivity index (χ4n) is 4.28. The maximum Gasteiger partial charge on any atom is 0.321 e. The van der Waals surface area contributed by atoms with Crippen LogP contribution in [0.5, 0.6) is 11.5 Å². The molecule has 0 atom stereocenters. The highest BCUT2D eigenvalue weighted by atomic mass is 16.5. The lowest BCUT2D eigenvalue weighted by Crippen LogP contribution is -2.38. The van der Waals surface area contributed by atoms with E-state index in [2.05, 4.69) is 25.3 Å². The summed E-state index contributed by atoms with van der Waals surface area (Å²) in [7, 11) is 3.26. The molecule has 180 valence electrons. The lowest BCUT2D eigenvalue weighted by molar-refractivity contribution is 0.215. The minimum absolute atomic E-state index is 0.129. The van der Waals surface area contributed by atoms with Gasteiger partial charge in [0.1, 0.15) is 23.6 Å². The summed E-state index contributed by atoms with van der Waals surface area (Å²) in [6, 6.07) is 15.1. The second-order valence-corrected chi connectivity index (χ2v) is 8.19. The molecule has 3 heterocycles. The first-order chi connectivity index (χ1) is 17.2. The topological polar surface area (TPSA) is 97.1 Å². The molecule has 4 aromatic rings. The Morgan fingerprint density at radius 1 is 0.943 bits per heavy atom. The minimum atomic E-state index is -0.129. The van der Waals surface area contributed by atoms with Gasteiger partial charge in [-0.1, -0.05) is 18.2 Å². The van der Waals surface area contributed by atoms with Crippen LogP contribution in [0.2, 0.25) is 0 Å². The molecular formula is C25H27N7O3. The Morgan fingerprint density at radius 3 is 2.57 bits per heavy atom. The van der Waals surface area contributed by atoms with Gasteiger partial charge in [-0.2, -0.15) is 14.6 Å². The van der Waals surface area contributed by atoms with Gasteiger partial charge in [0.15, 0.2) is 0 Å². The molecule has 2 aromatic carbocycles. The normalized spacial score (nSPS) is 14.0. The maximum atomic E-state index is 13.0. The average molecular weight is 474 g/mol. The van der Waals surface area contributed by atoms with Crippen LogP contribution in [-0.4, -0.2) is 70.9 Å². The van der Waals surface area contributed by atoms with Crippen LogP contribution in [-0.2, 0) is 0 Å². The first-order valence-electron chi connectivity index (χ1n) is 11.4. The van der Waals surface area contributed by atoms with Crippen molar-refractivity contribution in [2.24, 2.45) is 0 Å². The Bertz CT molecular complexity index is 1320. The van der Waals surface area contributed by atoms with E-state index < -0.39 is 0 Å². The largest absolute Gasteiger partial charge is 0.497 e. The molecular weight excluding hydrogens is 446 g/mol. The number of amides is 2. The number of hydrogen-bond acceptors (Lipinski definition) is 7. The summed E-state index contributed by atoms with van der Waals surface area (Å²) < 4.78 is 12.3. The van der Waals surface area contributed by atoms with E-state index in [0.29, 0.717) is 36.8 Å². The number of benzene rings is 2. The molecule has 10 nitrogen and oxygen atoms in total. The molecule has 1 N–H and O–H groups in total. The molecule has 2 aromatic heterocycles. The highest BCUT2D eigenvalue weighted by Gasteiger charge is 2.24. The predicted octanol–water partition coefficient (Wildman–Crippen LogP) is 3.55.